The Bertz CT molecular complexity index is 436. The molecule has 3 unspecified atom stereocenters. The lowest BCUT2D eigenvalue weighted by Crippen LogP contribution is -2.45. The third kappa shape index (κ3) is 2.71. The van der Waals surface area contributed by atoms with Crippen LogP contribution in [0.1, 0.15) is 33.6 Å². The van der Waals surface area contributed by atoms with Crippen molar-refractivity contribution in [1.82, 2.24) is 4.90 Å². The summed E-state index contributed by atoms with van der Waals surface area (Å²) < 4.78 is 5.88. The lowest BCUT2D eigenvalue weighted by molar-refractivity contribution is 0.0780. The van der Waals surface area contributed by atoms with E-state index in [0.29, 0.717) is 5.41 Å². The summed E-state index contributed by atoms with van der Waals surface area (Å²) in [6, 6.07) is 10.9. The van der Waals surface area contributed by atoms with Crippen LogP contribution in [0.2, 0.25) is 0 Å². The predicted octanol–water partition coefficient (Wildman–Crippen LogP) is 3.82. The smallest absolute Gasteiger partial charge is 0.119 e. The van der Waals surface area contributed by atoms with Crippen molar-refractivity contribution in [3.05, 3.63) is 30.3 Å². The van der Waals surface area contributed by atoms with Crippen molar-refractivity contribution in [3.63, 3.8) is 0 Å². The highest BCUT2D eigenvalue weighted by molar-refractivity contribution is 5.20. The van der Waals surface area contributed by atoms with Crippen molar-refractivity contribution in [2.45, 2.75) is 39.7 Å². The lowest BCUT2D eigenvalue weighted by atomic mass is 9.67. The Balaban J connectivity index is 1.56. The first-order valence-corrected chi connectivity index (χ1v) is 7.97. The minimum Gasteiger partial charge on any atom is -0.492 e. The zero-order valence-electron chi connectivity index (χ0n) is 13.0. The van der Waals surface area contributed by atoms with Gasteiger partial charge in [-0.05, 0) is 42.2 Å². The SMILES string of the molecule is CC(C)(C)C1C2CCC2CN1CCOc1ccccc1. The van der Waals surface area contributed by atoms with Crippen LogP contribution in [-0.4, -0.2) is 30.6 Å². The first kappa shape index (κ1) is 13.9. The minimum atomic E-state index is 0.382. The Morgan fingerprint density at radius 2 is 1.90 bits per heavy atom. The van der Waals surface area contributed by atoms with E-state index in [-0.39, 0.29) is 0 Å². The fraction of sp³-hybridized carbons (Fsp3) is 0.667. The van der Waals surface area contributed by atoms with Crippen LogP contribution in [0.25, 0.3) is 0 Å². The summed E-state index contributed by atoms with van der Waals surface area (Å²) >= 11 is 0. The fourth-order valence-corrected chi connectivity index (χ4v) is 4.14. The molecule has 1 heterocycles. The maximum Gasteiger partial charge on any atom is 0.119 e. The van der Waals surface area contributed by atoms with Crippen LogP contribution in [0, 0.1) is 17.3 Å². The summed E-state index contributed by atoms with van der Waals surface area (Å²) in [4.78, 5) is 2.69. The summed E-state index contributed by atoms with van der Waals surface area (Å²) in [5.74, 6) is 2.88. The topological polar surface area (TPSA) is 12.5 Å². The molecule has 2 fully saturated rings. The molecule has 0 N–H and O–H groups in total. The molecule has 0 aromatic heterocycles. The maximum absolute atomic E-state index is 5.88. The number of ether oxygens (including phenoxy) is 1. The van der Waals surface area contributed by atoms with Crippen LogP contribution < -0.4 is 4.74 Å². The number of nitrogens with zero attached hydrogens (tertiary/aromatic N) is 1. The van der Waals surface area contributed by atoms with Gasteiger partial charge in [0.1, 0.15) is 12.4 Å². The zero-order valence-corrected chi connectivity index (χ0v) is 13.0. The highest BCUT2D eigenvalue weighted by Crippen LogP contribution is 2.50. The Kier molecular flexibility index (Phi) is 3.76. The van der Waals surface area contributed by atoms with Gasteiger partial charge in [0.2, 0.25) is 0 Å². The average molecular weight is 273 g/mol. The van der Waals surface area contributed by atoms with E-state index >= 15 is 0 Å². The first-order chi connectivity index (χ1) is 9.55. The number of fused-ring (bicyclic) bond motifs is 1. The summed E-state index contributed by atoms with van der Waals surface area (Å²) in [6.07, 6.45) is 2.87. The molecule has 2 heteroatoms. The summed E-state index contributed by atoms with van der Waals surface area (Å²) in [7, 11) is 0. The van der Waals surface area contributed by atoms with E-state index in [4.69, 9.17) is 4.74 Å². The highest BCUT2D eigenvalue weighted by Gasteiger charge is 2.50. The number of hydrogen-bond donors (Lipinski definition) is 0. The summed E-state index contributed by atoms with van der Waals surface area (Å²) in [5, 5.41) is 0. The molecule has 1 aliphatic carbocycles. The van der Waals surface area contributed by atoms with E-state index in [0.717, 1.165) is 36.8 Å². The second-order valence-corrected chi connectivity index (χ2v) is 7.47. The molecule has 0 spiro atoms. The Labute approximate surface area is 123 Å². The van der Waals surface area contributed by atoms with Gasteiger partial charge in [-0.15, -0.1) is 0 Å². The number of benzene rings is 1. The van der Waals surface area contributed by atoms with Gasteiger partial charge in [0, 0.05) is 19.1 Å². The standard InChI is InChI=1S/C18H27NO/c1-18(2,3)17-16-10-9-14(16)13-19(17)11-12-20-15-7-5-4-6-8-15/h4-8,14,16-17H,9-13H2,1-3H3. The van der Waals surface area contributed by atoms with Gasteiger partial charge in [0.15, 0.2) is 0 Å². The van der Waals surface area contributed by atoms with Crippen molar-refractivity contribution < 1.29 is 4.74 Å². The van der Waals surface area contributed by atoms with Crippen molar-refractivity contribution in [1.29, 1.82) is 0 Å². The van der Waals surface area contributed by atoms with Crippen molar-refractivity contribution >= 4 is 0 Å². The molecule has 2 aliphatic rings. The normalized spacial score (nSPS) is 29.9. The molecule has 20 heavy (non-hydrogen) atoms. The van der Waals surface area contributed by atoms with Crippen LogP contribution in [0.4, 0.5) is 0 Å². The van der Waals surface area contributed by atoms with Gasteiger partial charge in [0.25, 0.3) is 0 Å². The van der Waals surface area contributed by atoms with E-state index in [1.54, 1.807) is 0 Å². The van der Waals surface area contributed by atoms with Crippen molar-refractivity contribution in [2.75, 3.05) is 19.7 Å². The van der Waals surface area contributed by atoms with Crippen molar-refractivity contribution in [2.24, 2.45) is 17.3 Å². The number of likely N-dealkylation sites (tertiary alicyclic amines) is 1. The van der Waals surface area contributed by atoms with E-state index in [1.807, 2.05) is 30.3 Å². The molecular weight excluding hydrogens is 246 g/mol. The lowest BCUT2D eigenvalue weighted by Gasteiger charge is -2.42. The number of rotatable bonds is 4. The molecule has 1 saturated carbocycles. The van der Waals surface area contributed by atoms with E-state index in [1.165, 1.54) is 19.4 Å². The van der Waals surface area contributed by atoms with Crippen LogP contribution in [0.3, 0.4) is 0 Å². The molecule has 0 amide bonds. The third-order valence-corrected chi connectivity index (χ3v) is 5.02. The first-order valence-electron chi connectivity index (χ1n) is 7.97. The molecule has 2 nitrogen and oxygen atoms in total. The largest absolute Gasteiger partial charge is 0.492 e. The van der Waals surface area contributed by atoms with Gasteiger partial charge >= 0.3 is 0 Å². The Morgan fingerprint density at radius 3 is 2.50 bits per heavy atom. The second-order valence-electron chi connectivity index (χ2n) is 7.47. The van der Waals surface area contributed by atoms with Gasteiger partial charge in [-0.2, -0.15) is 0 Å². The van der Waals surface area contributed by atoms with Crippen LogP contribution in [0.5, 0.6) is 5.75 Å². The molecule has 1 aromatic carbocycles. The molecule has 3 atom stereocenters. The third-order valence-electron chi connectivity index (χ3n) is 5.02. The zero-order chi connectivity index (χ0) is 14.2. The van der Waals surface area contributed by atoms with Crippen LogP contribution >= 0.6 is 0 Å². The molecule has 1 aliphatic heterocycles. The number of para-hydroxylation sites is 1. The Morgan fingerprint density at radius 1 is 1.15 bits per heavy atom. The molecule has 1 aromatic rings. The van der Waals surface area contributed by atoms with E-state index < -0.39 is 0 Å². The summed E-state index contributed by atoms with van der Waals surface area (Å²) in [6.45, 7) is 10.3. The van der Waals surface area contributed by atoms with Gasteiger partial charge in [-0.1, -0.05) is 39.0 Å². The molecule has 3 rings (SSSR count). The fourth-order valence-electron chi connectivity index (χ4n) is 4.14. The van der Waals surface area contributed by atoms with Gasteiger partial charge in [0.05, 0.1) is 0 Å². The summed E-state index contributed by atoms with van der Waals surface area (Å²) in [5.41, 5.74) is 0.382. The quantitative estimate of drug-likeness (QED) is 0.827. The van der Waals surface area contributed by atoms with Gasteiger partial charge < -0.3 is 4.74 Å². The highest BCUT2D eigenvalue weighted by atomic mass is 16.5. The minimum absolute atomic E-state index is 0.382. The Hall–Kier alpha value is -1.02. The van der Waals surface area contributed by atoms with E-state index in [9.17, 15) is 0 Å². The predicted molar refractivity (Wildman–Crippen MR) is 83.0 cm³/mol. The number of hydrogen-bond acceptors (Lipinski definition) is 2. The average Bonchev–Trinajstić information content (AvgIpc) is 2.63. The van der Waals surface area contributed by atoms with Crippen LogP contribution in [0.15, 0.2) is 30.3 Å². The van der Waals surface area contributed by atoms with Gasteiger partial charge in [-0.3, -0.25) is 4.90 Å². The van der Waals surface area contributed by atoms with E-state index in [2.05, 4.69) is 25.7 Å². The van der Waals surface area contributed by atoms with Crippen molar-refractivity contribution in [3.8, 4) is 5.75 Å². The molecule has 0 bridgehead atoms. The second kappa shape index (κ2) is 5.40. The molecule has 1 saturated heterocycles. The van der Waals surface area contributed by atoms with Gasteiger partial charge in [-0.25, -0.2) is 0 Å². The van der Waals surface area contributed by atoms with Crippen LogP contribution in [-0.2, 0) is 0 Å². The monoisotopic (exact) mass is 273 g/mol. The molecule has 110 valence electrons. The molecular formula is C18H27NO. The maximum atomic E-state index is 5.88. The molecule has 0 radical (unpaired) electrons.